The second kappa shape index (κ2) is 8.10. The van der Waals surface area contributed by atoms with Gasteiger partial charge < -0.3 is 9.80 Å². The second-order valence-electron chi connectivity index (χ2n) is 6.61. The van der Waals surface area contributed by atoms with E-state index < -0.39 is 0 Å². The van der Waals surface area contributed by atoms with Gasteiger partial charge in [0.2, 0.25) is 5.91 Å². The summed E-state index contributed by atoms with van der Waals surface area (Å²) >= 11 is 0. The number of carbonyl (C=O) groups is 1. The molecular weight excluding hydrogens is 312 g/mol. The molecule has 1 aromatic heterocycles. The topological polar surface area (TPSA) is 49.3 Å². The fraction of sp³-hybridized carbons (Fsp3) is 0.450. The first-order chi connectivity index (χ1) is 12.2. The van der Waals surface area contributed by atoms with Crippen molar-refractivity contribution >= 4 is 11.7 Å². The molecule has 5 nitrogen and oxygen atoms in total. The SMILES string of the molecule is CCCC(C)C(=O)N1CCN(c2ccnc(-c3ccccc3)n2)CC1. The van der Waals surface area contributed by atoms with Gasteiger partial charge in [0.05, 0.1) is 0 Å². The quantitative estimate of drug-likeness (QED) is 0.840. The monoisotopic (exact) mass is 338 g/mol. The molecule has 1 aromatic carbocycles. The van der Waals surface area contributed by atoms with Crippen molar-refractivity contribution in [3.05, 3.63) is 42.6 Å². The van der Waals surface area contributed by atoms with E-state index in [4.69, 9.17) is 4.98 Å². The molecule has 1 aliphatic heterocycles. The van der Waals surface area contributed by atoms with E-state index in [0.29, 0.717) is 0 Å². The zero-order valence-electron chi connectivity index (χ0n) is 15.1. The van der Waals surface area contributed by atoms with E-state index in [0.717, 1.165) is 56.2 Å². The van der Waals surface area contributed by atoms with Crippen LogP contribution in [-0.2, 0) is 4.79 Å². The van der Waals surface area contributed by atoms with Crippen LogP contribution in [0.2, 0.25) is 0 Å². The van der Waals surface area contributed by atoms with Crippen molar-refractivity contribution in [1.82, 2.24) is 14.9 Å². The summed E-state index contributed by atoms with van der Waals surface area (Å²) in [6.45, 7) is 7.32. The molecule has 1 amide bonds. The van der Waals surface area contributed by atoms with E-state index >= 15 is 0 Å². The van der Waals surface area contributed by atoms with Crippen LogP contribution in [0.4, 0.5) is 5.82 Å². The molecular formula is C20H26N4O. The van der Waals surface area contributed by atoms with E-state index in [-0.39, 0.29) is 11.8 Å². The number of rotatable bonds is 5. The Morgan fingerprint density at radius 1 is 1.12 bits per heavy atom. The van der Waals surface area contributed by atoms with Gasteiger partial charge in [-0.2, -0.15) is 0 Å². The van der Waals surface area contributed by atoms with Gasteiger partial charge in [0.1, 0.15) is 5.82 Å². The highest BCUT2D eigenvalue weighted by molar-refractivity contribution is 5.78. The van der Waals surface area contributed by atoms with Gasteiger partial charge in [-0.25, -0.2) is 9.97 Å². The van der Waals surface area contributed by atoms with Crippen molar-refractivity contribution in [1.29, 1.82) is 0 Å². The maximum Gasteiger partial charge on any atom is 0.225 e. The maximum absolute atomic E-state index is 12.5. The van der Waals surface area contributed by atoms with Crippen LogP contribution < -0.4 is 4.90 Å². The maximum atomic E-state index is 12.5. The predicted molar refractivity (Wildman–Crippen MR) is 100 cm³/mol. The summed E-state index contributed by atoms with van der Waals surface area (Å²) in [5.74, 6) is 2.09. The van der Waals surface area contributed by atoms with Gasteiger partial charge in [-0.3, -0.25) is 4.79 Å². The van der Waals surface area contributed by atoms with Crippen LogP contribution in [0, 0.1) is 5.92 Å². The van der Waals surface area contributed by atoms with E-state index in [1.54, 1.807) is 0 Å². The number of hydrogen-bond acceptors (Lipinski definition) is 4. The number of hydrogen-bond donors (Lipinski definition) is 0. The molecule has 5 heteroatoms. The number of aromatic nitrogens is 2. The Hall–Kier alpha value is -2.43. The number of piperazine rings is 1. The van der Waals surface area contributed by atoms with Gasteiger partial charge in [0.25, 0.3) is 0 Å². The van der Waals surface area contributed by atoms with Crippen molar-refractivity contribution in [2.75, 3.05) is 31.1 Å². The standard InChI is InChI=1S/C20H26N4O/c1-3-7-16(2)20(25)24-14-12-23(13-15-24)18-10-11-21-19(22-18)17-8-5-4-6-9-17/h4-6,8-11,16H,3,7,12-15H2,1-2H3. The van der Waals surface area contributed by atoms with E-state index in [1.165, 1.54) is 0 Å². The van der Waals surface area contributed by atoms with Gasteiger partial charge in [0.15, 0.2) is 5.82 Å². The molecule has 0 N–H and O–H groups in total. The normalized spacial score (nSPS) is 15.9. The molecule has 2 heterocycles. The van der Waals surface area contributed by atoms with Crippen LogP contribution in [0.5, 0.6) is 0 Å². The minimum atomic E-state index is 0.125. The highest BCUT2D eigenvalue weighted by atomic mass is 16.2. The lowest BCUT2D eigenvalue weighted by Crippen LogP contribution is -2.50. The Labute approximate surface area is 149 Å². The first-order valence-corrected chi connectivity index (χ1v) is 9.11. The summed E-state index contributed by atoms with van der Waals surface area (Å²) in [5.41, 5.74) is 1.02. The van der Waals surface area contributed by atoms with Gasteiger partial charge in [-0.15, -0.1) is 0 Å². The molecule has 1 unspecified atom stereocenters. The summed E-state index contributed by atoms with van der Waals surface area (Å²) in [6, 6.07) is 12.0. The first kappa shape index (κ1) is 17.4. The molecule has 0 bridgehead atoms. The van der Waals surface area contributed by atoms with Gasteiger partial charge in [-0.1, -0.05) is 50.6 Å². The summed E-state index contributed by atoms with van der Waals surface area (Å²) in [7, 11) is 0. The third kappa shape index (κ3) is 4.16. The summed E-state index contributed by atoms with van der Waals surface area (Å²) in [4.78, 5) is 25.8. The molecule has 132 valence electrons. The largest absolute Gasteiger partial charge is 0.353 e. The molecule has 0 saturated carbocycles. The van der Waals surface area contributed by atoms with Crippen molar-refractivity contribution in [3.8, 4) is 11.4 Å². The summed E-state index contributed by atoms with van der Waals surface area (Å²) in [5, 5.41) is 0. The van der Waals surface area contributed by atoms with Crippen LogP contribution in [-0.4, -0.2) is 47.0 Å². The van der Waals surface area contributed by atoms with E-state index in [1.807, 2.05) is 54.4 Å². The Morgan fingerprint density at radius 3 is 2.52 bits per heavy atom. The number of anilines is 1. The molecule has 2 aromatic rings. The number of nitrogens with zero attached hydrogens (tertiary/aromatic N) is 4. The Bertz CT molecular complexity index is 696. The van der Waals surface area contributed by atoms with Gasteiger partial charge in [0, 0.05) is 43.9 Å². The Balaban J connectivity index is 1.64. The van der Waals surface area contributed by atoms with Crippen molar-refractivity contribution in [2.24, 2.45) is 5.92 Å². The Morgan fingerprint density at radius 2 is 1.84 bits per heavy atom. The molecule has 0 aliphatic carbocycles. The summed E-state index contributed by atoms with van der Waals surface area (Å²) < 4.78 is 0. The van der Waals surface area contributed by atoms with Crippen molar-refractivity contribution in [3.63, 3.8) is 0 Å². The van der Waals surface area contributed by atoms with Crippen molar-refractivity contribution in [2.45, 2.75) is 26.7 Å². The minimum Gasteiger partial charge on any atom is -0.353 e. The number of carbonyl (C=O) groups excluding carboxylic acids is 1. The predicted octanol–water partition coefficient (Wildman–Crippen LogP) is 3.23. The molecule has 1 fully saturated rings. The zero-order chi connectivity index (χ0) is 17.6. The van der Waals surface area contributed by atoms with Crippen LogP contribution in [0.3, 0.4) is 0 Å². The zero-order valence-corrected chi connectivity index (χ0v) is 15.1. The number of benzene rings is 1. The lowest BCUT2D eigenvalue weighted by Gasteiger charge is -2.36. The lowest BCUT2D eigenvalue weighted by molar-refractivity contribution is -0.135. The van der Waals surface area contributed by atoms with Gasteiger partial charge >= 0.3 is 0 Å². The van der Waals surface area contributed by atoms with E-state index in [2.05, 4.69) is 16.8 Å². The fourth-order valence-corrected chi connectivity index (χ4v) is 3.28. The minimum absolute atomic E-state index is 0.125. The number of amides is 1. The second-order valence-corrected chi connectivity index (χ2v) is 6.61. The average molecular weight is 338 g/mol. The van der Waals surface area contributed by atoms with Gasteiger partial charge in [-0.05, 0) is 12.5 Å². The third-order valence-electron chi connectivity index (χ3n) is 4.73. The lowest BCUT2D eigenvalue weighted by atomic mass is 10.0. The smallest absolute Gasteiger partial charge is 0.225 e. The first-order valence-electron chi connectivity index (χ1n) is 9.11. The van der Waals surface area contributed by atoms with Crippen LogP contribution in [0.15, 0.2) is 42.6 Å². The van der Waals surface area contributed by atoms with Crippen LogP contribution in [0.25, 0.3) is 11.4 Å². The Kier molecular flexibility index (Phi) is 5.64. The van der Waals surface area contributed by atoms with Crippen LogP contribution in [0.1, 0.15) is 26.7 Å². The summed E-state index contributed by atoms with van der Waals surface area (Å²) in [6.07, 6.45) is 3.83. The molecule has 3 rings (SSSR count). The molecule has 0 radical (unpaired) electrons. The molecule has 25 heavy (non-hydrogen) atoms. The third-order valence-corrected chi connectivity index (χ3v) is 4.73. The molecule has 1 saturated heterocycles. The fourth-order valence-electron chi connectivity index (χ4n) is 3.28. The highest BCUT2D eigenvalue weighted by Crippen LogP contribution is 2.20. The molecule has 1 aliphatic rings. The van der Waals surface area contributed by atoms with Crippen LogP contribution >= 0.6 is 0 Å². The van der Waals surface area contributed by atoms with Crippen molar-refractivity contribution < 1.29 is 4.79 Å². The molecule has 1 atom stereocenters. The highest BCUT2D eigenvalue weighted by Gasteiger charge is 2.25. The van der Waals surface area contributed by atoms with E-state index in [9.17, 15) is 4.79 Å². The average Bonchev–Trinajstić information content (AvgIpc) is 2.68. The molecule has 0 spiro atoms.